The average molecular weight is 391 g/mol. The summed E-state index contributed by atoms with van der Waals surface area (Å²) in [6.45, 7) is 0.296. The van der Waals surface area contributed by atoms with Crippen molar-refractivity contribution in [1.82, 2.24) is 9.97 Å². The lowest BCUT2D eigenvalue weighted by Gasteiger charge is -2.09. The van der Waals surface area contributed by atoms with Gasteiger partial charge in [0.15, 0.2) is 0 Å². The first-order chi connectivity index (χ1) is 9.51. The first kappa shape index (κ1) is 15.0. The highest BCUT2D eigenvalue weighted by Crippen LogP contribution is 2.19. The van der Waals surface area contributed by atoms with Crippen LogP contribution in [0.1, 0.15) is 17.1 Å². The number of methoxy groups -OCH3 is 1. The summed E-state index contributed by atoms with van der Waals surface area (Å²) in [5.74, 6) is -0.543. The van der Waals surface area contributed by atoms with Crippen LogP contribution in [0.3, 0.4) is 0 Å². The van der Waals surface area contributed by atoms with E-state index in [1.165, 1.54) is 12.1 Å². The van der Waals surface area contributed by atoms with Gasteiger partial charge in [0.25, 0.3) is 0 Å². The summed E-state index contributed by atoms with van der Waals surface area (Å²) in [5.41, 5.74) is 6.77. The molecule has 2 rings (SSSR count). The minimum Gasteiger partial charge on any atom is -0.383 e. The highest BCUT2D eigenvalue weighted by molar-refractivity contribution is 14.1. The van der Waals surface area contributed by atoms with Crippen LogP contribution in [-0.2, 0) is 17.8 Å². The number of aromatic nitrogens is 2. The zero-order valence-corrected chi connectivity index (χ0v) is 12.8. The molecule has 0 bridgehead atoms. The van der Waals surface area contributed by atoms with Gasteiger partial charge in [0.05, 0.1) is 15.9 Å². The summed E-state index contributed by atoms with van der Waals surface area (Å²) in [4.78, 5) is 8.42. The zero-order chi connectivity index (χ0) is 14.7. The lowest BCUT2D eigenvalue weighted by molar-refractivity contribution is 0.180. The lowest BCUT2D eigenvalue weighted by atomic mass is 10.1. The van der Waals surface area contributed by atoms with Gasteiger partial charge in [0.1, 0.15) is 23.3 Å². The van der Waals surface area contributed by atoms with Gasteiger partial charge in [-0.2, -0.15) is 0 Å². The predicted molar refractivity (Wildman–Crippen MR) is 79.0 cm³/mol. The van der Waals surface area contributed by atoms with Gasteiger partial charge in [-0.25, -0.2) is 18.7 Å². The third-order valence-electron chi connectivity index (χ3n) is 2.64. The van der Waals surface area contributed by atoms with Gasteiger partial charge in [-0.3, -0.25) is 0 Å². The Bertz CT molecular complexity index is 637. The minimum atomic E-state index is -0.626. The molecule has 0 fully saturated rings. The number of ether oxygens (including phenoxy) is 1. The average Bonchev–Trinajstić information content (AvgIpc) is 2.39. The molecule has 0 aliphatic heterocycles. The molecule has 20 heavy (non-hydrogen) atoms. The molecule has 2 N–H and O–H groups in total. The van der Waals surface area contributed by atoms with Crippen molar-refractivity contribution in [2.45, 2.75) is 13.0 Å². The topological polar surface area (TPSA) is 61.0 Å². The molecule has 0 atom stereocenters. The van der Waals surface area contributed by atoms with E-state index in [9.17, 15) is 8.78 Å². The molecule has 7 heteroatoms. The Morgan fingerprint density at radius 3 is 2.70 bits per heavy atom. The van der Waals surface area contributed by atoms with Crippen molar-refractivity contribution in [3.05, 3.63) is 50.5 Å². The molecule has 0 radical (unpaired) electrons. The molecule has 106 valence electrons. The van der Waals surface area contributed by atoms with E-state index in [1.807, 2.05) is 22.6 Å². The van der Waals surface area contributed by atoms with E-state index in [-0.39, 0.29) is 6.42 Å². The Hall–Kier alpha value is -1.35. The molecule has 2 aromatic rings. The summed E-state index contributed by atoms with van der Waals surface area (Å²) in [6.07, 6.45) is 0.143. The molecule has 1 heterocycles. The molecule has 0 saturated heterocycles. The van der Waals surface area contributed by atoms with Crippen LogP contribution in [0.2, 0.25) is 0 Å². The Morgan fingerprint density at radius 2 is 2.05 bits per heavy atom. The molecule has 0 saturated carbocycles. The van der Waals surface area contributed by atoms with Crippen LogP contribution in [0.5, 0.6) is 0 Å². The minimum absolute atomic E-state index is 0.143. The second kappa shape index (κ2) is 6.40. The van der Waals surface area contributed by atoms with Gasteiger partial charge >= 0.3 is 0 Å². The van der Waals surface area contributed by atoms with Crippen molar-refractivity contribution in [2.24, 2.45) is 0 Å². The van der Waals surface area contributed by atoms with Gasteiger partial charge in [-0.1, -0.05) is 6.07 Å². The van der Waals surface area contributed by atoms with Gasteiger partial charge in [-0.15, -0.1) is 0 Å². The first-order valence-electron chi connectivity index (χ1n) is 5.75. The zero-order valence-electron chi connectivity index (χ0n) is 10.7. The van der Waals surface area contributed by atoms with Crippen LogP contribution < -0.4 is 5.73 Å². The van der Waals surface area contributed by atoms with Crippen molar-refractivity contribution in [3.63, 3.8) is 0 Å². The third-order valence-corrected chi connectivity index (χ3v) is 3.81. The molecule has 0 unspecified atom stereocenters. The van der Waals surface area contributed by atoms with E-state index < -0.39 is 11.6 Å². The molecule has 1 aromatic heterocycles. The van der Waals surface area contributed by atoms with Crippen molar-refractivity contribution in [3.8, 4) is 0 Å². The van der Waals surface area contributed by atoms with Gasteiger partial charge in [0, 0.05) is 19.6 Å². The standard InChI is InChI=1S/C13H12F2IN3O/c1-20-6-10-12(16)13(17)19-11(18-10)4-7-2-3-8(14)5-9(7)15/h2-3,5H,4,6H2,1H3,(H2,17,18,19). The second-order valence-electron chi connectivity index (χ2n) is 4.13. The van der Waals surface area contributed by atoms with E-state index in [2.05, 4.69) is 9.97 Å². The first-order valence-corrected chi connectivity index (χ1v) is 6.82. The fourth-order valence-corrected chi connectivity index (χ4v) is 2.11. The molecule has 0 aliphatic carbocycles. The van der Waals surface area contributed by atoms with Crippen LogP contribution in [0.4, 0.5) is 14.6 Å². The smallest absolute Gasteiger partial charge is 0.141 e. The number of hydrogen-bond acceptors (Lipinski definition) is 4. The van der Waals surface area contributed by atoms with Crippen molar-refractivity contribution >= 4 is 28.4 Å². The van der Waals surface area contributed by atoms with Gasteiger partial charge in [0.2, 0.25) is 0 Å². The van der Waals surface area contributed by atoms with Crippen molar-refractivity contribution in [2.75, 3.05) is 12.8 Å². The van der Waals surface area contributed by atoms with Gasteiger partial charge < -0.3 is 10.5 Å². The summed E-state index contributed by atoms with van der Waals surface area (Å²) in [7, 11) is 1.55. The highest BCUT2D eigenvalue weighted by atomic mass is 127. The highest BCUT2D eigenvalue weighted by Gasteiger charge is 2.12. The Morgan fingerprint density at radius 1 is 1.30 bits per heavy atom. The summed E-state index contributed by atoms with van der Waals surface area (Å²) >= 11 is 2.03. The fourth-order valence-electron chi connectivity index (χ4n) is 1.71. The van der Waals surface area contributed by atoms with E-state index in [0.29, 0.717) is 33.1 Å². The second-order valence-corrected chi connectivity index (χ2v) is 5.21. The van der Waals surface area contributed by atoms with E-state index >= 15 is 0 Å². The molecule has 1 aromatic carbocycles. The van der Waals surface area contributed by atoms with Crippen molar-refractivity contribution < 1.29 is 13.5 Å². The number of nitrogens with two attached hydrogens (primary N) is 1. The number of nitrogen functional groups attached to an aromatic ring is 1. The monoisotopic (exact) mass is 391 g/mol. The maximum absolute atomic E-state index is 13.6. The predicted octanol–water partition coefficient (Wildman–Crippen LogP) is 2.68. The maximum atomic E-state index is 13.6. The number of halogens is 3. The van der Waals surface area contributed by atoms with E-state index in [0.717, 1.165) is 6.07 Å². The van der Waals surface area contributed by atoms with Gasteiger partial charge in [-0.05, 0) is 34.2 Å². The Balaban J connectivity index is 2.33. The molecule has 0 amide bonds. The third kappa shape index (κ3) is 3.40. The van der Waals surface area contributed by atoms with Crippen LogP contribution in [0.15, 0.2) is 18.2 Å². The quantitative estimate of drug-likeness (QED) is 0.815. The largest absolute Gasteiger partial charge is 0.383 e. The number of benzene rings is 1. The SMILES string of the molecule is COCc1nc(Cc2ccc(F)cc2F)nc(N)c1I. The van der Waals surface area contributed by atoms with Crippen LogP contribution in [0.25, 0.3) is 0 Å². The molecule has 4 nitrogen and oxygen atoms in total. The number of rotatable bonds is 4. The fraction of sp³-hybridized carbons (Fsp3) is 0.231. The normalized spacial score (nSPS) is 10.8. The Labute approximate surface area is 128 Å². The summed E-state index contributed by atoms with van der Waals surface area (Å²) in [6, 6.07) is 3.41. The lowest BCUT2D eigenvalue weighted by Crippen LogP contribution is -2.09. The summed E-state index contributed by atoms with van der Waals surface area (Å²) < 4.78 is 32.2. The van der Waals surface area contributed by atoms with Crippen molar-refractivity contribution in [1.29, 1.82) is 0 Å². The molecular weight excluding hydrogens is 379 g/mol. The molecular formula is C13H12F2IN3O. The molecule has 0 aliphatic rings. The number of hydrogen-bond donors (Lipinski definition) is 1. The summed E-state index contributed by atoms with van der Waals surface area (Å²) in [5, 5.41) is 0. The number of anilines is 1. The van der Waals surface area contributed by atoms with E-state index in [4.69, 9.17) is 10.5 Å². The van der Waals surface area contributed by atoms with Crippen LogP contribution >= 0.6 is 22.6 Å². The maximum Gasteiger partial charge on any atom is 0.141 e. The van der Waals surface area contributed by atoms with Crippen LogP contribution in [0, 0.1) is 15.2 Å². The number of nitrogens with zero attached hydrogens (tertiary/aromatic N) is 2. The van der Waals surface area contributed by atoms with E-state index in [1.54, 1.807) is 7.11 Å². The Kier molecular flexibility index (Phi) is 4.81. The van der Waals surface area contributed by atoms with Crippen LogP contribution in [-0.4, -0.2) is 17.1 Å². The molecule has 0 spiro atoms.